The highest BCUT2D eigenvalue weighted by molar-refractivity contribution is 7.20. The molecule has 0 bridgehead atoms. The van der Waals surface area contributed by atoms with Crippen molar-refractivity contribution < 1.29 is 20.1 Å². The molecule has 0 aliphatic carbocycles. The Balaban J connectivity index is 0.000000354. The van der Waals surface area contributed by atoms with Gasteiger partial charge in [0.2, 0.25) is 0 Å². The molecular formula is C5H9B2O4S. The van der Waals surface area contributed by atoms with Gasteiger partial charge in [-0.1, -0.05) is 0 Å². The Morgan fingerprint density at radius 1 is 1.42 bits per heavy atom. The number of aryl methyl sites for hydroxylation is 1. The van der Waals surface area contributed by atoms with Gasteiger partial charge in [-0.25, -0.2) is 0 Å². The van der Waals surface area contributed by atoms with Gasteiger partial charge in [0.15, 0.2) is 0 Å². The van der Waals surface area contributed by atoms with Crippen molar-refractivity contribution in [3.8, 4) is 0 Å². The second-order valence-corrected chi connectivity index (χ2v) is 2.96. The molecule has 0 aliphatic rings. The monoisotopic (exact) mass is 187 g/mol. The quantitative estimate of drug-likeness (QED) is 0.392. The molecule has 0 aliphatic heterocycles. The first-order chi connectivity index (χ1) is 5.61. The predicted octanol–water partition coefficient (Wildman–Crippen LogP) is -1.76. The fraction of sp³-hybridized carbons (Fsp3) is 0.200. The van der Waals surface area contributed by atoms with E-state index in [1.54, 1.807) is 6.07 Å². The minimum Gasteiger partial charge on any atom is -0.429 e. The first-order valence-corrected chi connectivity index (χ1v) is 4.01. The highest BCUT2D eigenvalue weighted by Gasteiger charge is 2.11. The molecule has 1 aromatic heterocycles. The summed E-state index contributed by atoms with van der Waals surface area (Å²) in [5.74, 6) is 0. The lowest BCUT2D eigenvalue weighted by Crippen LogP contribution is -2.26. The zero-order valence-corrected chi connectivity index (χ0v) is 7.32. The molecule has 0 spiro atoms. The van der Waals surface area contributed by atoms with Gasteiger partial charge in [0, 0.05) is 4.78 Å². The lowest BCUT2D eigenvalue weighted by molar-refractivity contribution is 0.427. The van der Waals surface area contributed by atoms with Crippen molar-refractivity contribution in [3.05, 3.63) is 17.0 Å². The van der Waals surface area contributed by atoms with Crippen LogP contribution in [0.2, 0.25) is 0 Å². The maximum atomic E-state index is 8.60. The summed E-state index contributed by atoms with van der Waals surface area (Å²) >= 11 is 1.36. The summed E-state index contributed by atoms with van der Waals surface area (Å²) in [5, 5.41) is 33.1. The van der Waals surface area contributed by atoms with Gasteiger partial charge in [0.25, 0.3) is 0 Å². The Bertz CT molecular complexity index is 215. The molecule has 4 nitrogen and oxygen atoms in total. The van der Waals surface area contributed by atoms with Gasteiger partial charge < -0.3 is 20.1 Å². The zero-order chi connectivity index (χ0) is 9.56. The highest BCUT2D eigenvalue weighted by atomic mass is 32.1. The molecule has 0 saturated carbocycles. The van der Waals surface area contributed by atoms with Gasteiger partial charge in [-0.15, -0.1) is 0 Å². The van der Waals surface area contributed by atoms with Gasteiger partial charge >= 0.3 is 14.8 Å². The second kappa shape index (κ2) is 6.22. The van der Waals surface area contributed by atoms with Crippen LogP contribution in [0.5, 0.6) is 0 Å². The molecule has 1 aromatic rings. The normalized spacial score (nSPS) is 8.42. The molecule has 0 amide bonds. The van der Waals surface area contributed by atoms with Crippen LogP contribution in [0.4, 0.5) is 0 Å². The molecule has 12 heavy (non-hydrogen) atoms. The summed E-state index contributed by atoms with van der Waals surface area (Å²) in [6, 6.07) is 1.76. The summed E-state index contributed by atoms with van der Waals surface area (Å²) in [6.45, 7) is 1.92. The number of hydrogen-bond donors (Lipinski definition) is 4. The molecule has 0 fully saturated rings. The molecule has 0 unspecified atom stereocenters. The molecule has 1 radical (unpaired) electrons. The molecular weight excluding hydrogens is 178 g/mol. The van der Waals surface area contributed by atoms with Crippen LogP contribution < -0.4 is 4.78 Å². The van der Waals surface area contributed by atoms with Crippen molar-refractivity contribution in [3.63, 3.8) is 0 Å². The number of hydrogen-bond acceptors (Lipinski definition) is 5. The first kappa shape index (κ1) is 11.7. The average Bonchev–Trinajstić information content (AvgIpc) is 2.37. The highest BCUT2D eigenvalue weighted by Crippen LogP contribution is 2.01. The zero-order valence-electron chi connectivity index (χ0n) is 6.51. The van der Waals surface area contributed by atoms with E-state index in [1.807, 2.05) is 12.3 Å². The molecule has 0 atom stereocenters. The van der Waals surface area contributed by atoms with E-state index in [-0.39, 0.29) is 7.69 Å². The Kier molecular flexibility index (Phi) is 6.04. The third kappa shape index (κ3) is 4.53. The lowest BCUT2D eigenvalue weighted by atomic mass is 9.89. The van der Waals surface area contributed by atoms with Crippen LogP contribution in [0.3, 0.4) is 0 Å². The molecule has 7 heteroatoms. The fourth-order valence-corrected chi connectivity index (χ4v) is 1.35. The minimum atomic E-state index is -1.30. The maximum Gasteiger partial charge on any atom is 0.499 e. The minimum absolute atomic E-state index is 0. The largest absolute Gasteiger partial charge is 0.499 e. The van der Waals surface area contributed by atoms with E-state index in [9.17, 15) is 0 Å². The molecule has 4 N–H and O–H groups in total. The van der Waals surface area contributed by atoms with Crippen molar-refractivity contribution in [2.75, 3.05) is 0 Å². The van der Waals surface area contributed by atoms with E-state index < -0.39 is 7.12 Å². The summed E-state index contributed by atoms with van der Waals surface area (Å²) in [5.41, 5.74) is 1.07. The van der Waals surface area contributed by atoms with E-state index >= 15 is 0 Å². The van der Waals surface area contributed by atoms with Crippen LogP contribution >= 0.6 is 11.3 Å². The van der Waals surface area contributed by atoms with Gasteiger partial charge in [0.1, 0.15) is 0 Å². The molecule has 65 valence electrons. The third-order valence-corrected chi connectivity index (χ3v) is 2.10. The van der Waals surface area contributed by atoms with Crippen molar-refractivity contribution in [2.24, 2.45) is 0 Å². The fourth-order valence-electron chi connectivity index (χ4n) is 0.589. The van der Waals surface area contributed by atoms with Crippen LogP contribution in [0, 0.1) is 6.92 Å². The van der Waals surface area contributed by atoms with Crippen LogP contribution in [0.15, 0.2) is 11.4 Å². The Morgan fingerprint density at radius 3 is 2.08 bits per heavy atom. The topological polar surface area (TPSA) is 80.9 Å². The van der Waals surface area contributed by atoms with Crippen LogP contribution in [-0.2, 0) is 0 Å². The van der Waals surface area contributed by atoms with Crippen LogP contribution in [0.1, 0.15) is 5.56 Å². The van der Waals surface area contributed by atoms with E-state index in [0.717, 1.165) is 5.56 Å². The van der Waals surface area contributed by atoms with E-state index in [1.165, 1.54) is 11.3 Å². The number of thiophene rings is 1. The summed E-state index contributed by atoms with van der Waals surface area (Å²) in [7, 11) is -1.30. The Labute approximate surface area is 75.6 Å². The van der Waals surface area contributed by atoms with E-state index in [2.05, 4.69) is 0 Å². The first-order valence-electron chi connectivity index (χ1n) is 3.13. The molecule has 0 aromatic carbocycles. The van der Waals surface area contributed by atoms with Crippen LogP contribution in [0.25, 0.3) is 0 Å². The summed E-state index contributed by atoms with van der Waals surface area (Å²) in [4.78, 5) is 0. The Morgan fingerprint density at radius 2 is 1.92 bits per heavy atom. The average molecular weight is 187 g/mol. The van der Waals surface area contributed by atoms with Crippen molar-refractivity contribution in [1.82, 2.24) is 0 Å². The van der Waals surface area contributed by atoms with Gasteiger partial charge in [-0.05, 0) is 23.9 Å². The van der Waals surface area contributed by atoms with Crippen molar-refractivity contribution >= 4 is 30.9 Å². The molecule has 1 rings (SSSR count). The third-order valence-electron chi connectivity index (χ3n) is 1.01. The standard InChI is InChI=1S/C5H7BO2S.BH2O2/c1-4-2-5(6(7)8)9-3-4;2-1-3/h2-3,7-8H,1H3;2-3H. The number of rotatable bonds is 1. The molecule has 0 saturated heterocycles. The Hall–Kier alpha value is -0.330. The lowest BCUT2D eigenvalue weighted by Gasteiger charge is -1.87. The molecule has 1 heterocycles. The van der Waals surface area contributed by atoms with Gasteiger partial charge in [-0.3, -0.25) is 0 Å². The van der Waals surface area contributed by atoms with E-state index in [4.69, 9.17) is 20.1 Å². The van der Waals surface area contributed by atoms with E-state index in [0.29, 0.717) is 4.78 Å². The summed E-state index contributed by atoms with van der Waals surface area (Å²) < 4.78 is 0.604. The second-order valence-electron chi connectivity index (χ2n) is 2.02. The van der Waals surface area contributed by atoms with Gasteiger partial charge in [0.05, 0.1) is 0 Å². The van der Waals surface area contributed by atoms with Crippen LogP contribution in [-0.4, -0.2) is 34.9 Å². The SMILES string of the molecule is Cc1csc(B(O)O)c1.O[B]O. The maximum absolute atomic E-state index is 8.60. The van der Waals surface area contributed by atoms with Crippen molar-refractivity contribution in [2.45, 2.75) is 6.92 Å². The smallest absolute Gasteiger partial charge is 0.429 e. The predicted molar refractivity (Wildman–Crippen MR) is 49.1 cm³/mol. The van der Waals surface area contributed by atoms with Gasteiger partial charge in [-0.2, -0.15) is 11.3 Å². The van der Waals surface area contributed by atoms with Crippen molar-refractivity contribution in [1.29, 1.82) is 0 Å². The summed E-state index contributed by atoms with van der Waals surface area (Å²) in [6.07, 6.45) is 0.